The molecular formula is C13H28N2O. The fourth-order valence-corrected chi connectivity index (χ4v) is 2.17. The molecule has 0 saturated heterocycles. The normalized spacial score (nSPS) is 20.1. The van der Waals surface area contributed by atoms with E-state index in [0.29, 0.717) is 5.41 Å². The number of hydrogen-bond acceptors (Lipinski definition) is 3. The van der Waals surface area contributed by atoms with Gasteiger partial charge in [0.15, 0.2) is 0 Å². The molecule has 0 spiro atoms. The number of aliphatic hydroxyl groups is 1. The Hall–Kier alpha value is -0.120. The van der Waals surface area contributed by atoms with E-state index in [-0.39, 0.29) is 6.61 Å². The third kappa shape index (κ3) is 4.40. The Morgan fingerprint density at radius 3 is 2.50 bits per heavy atom. The minimum Gasteiger partial charge on any atom is -0.395 e. The molecule has 1 aliphatic rings. The first kappa shape index (κ1) is 13.9. The van der Waals surface area contributed by atoms with Gasteiger partial charge in [0.2, 0.25) is 0 Å². The zero-order valence-electron chi connectivity index (χ0n) is 11.1. The molecule has 1 saturated carbocycles. The van der Waals surface area contributed by atoms with Crippen molar-refractivity contribution in [2.24, 2.45) is 5.41 Å². The van der Waals surface area contributed by atoms with Crippen LogP contribution in [0.25, 0.3) is 0 Å². The highest BCUT2D eigenvalue weighted by Gasteiger charge is 2.33. The predicted octanol–water partition coefficient (Wildman–Crippen LogP) is 1.47. The molecule has 0 aromatic heterocycles. The summed E-state index contributed by atoms with van der Waals surface area (Å²) in [5.74, 6) is 0. The summed E-state index contributed by atoms with van der Waals surface area (Å²) in [5, 5.41) is 12.6. The van der Waals surface area contributed by atoms with Gasteiger partial charge in [-0.2, -0.15) is 0 Å². The van der Waals surface area contributed by atoms with E-state index in [2.05, 4.69) is 31.0 Å². The van der Waals surface area contributed by atoms with E-state index in [9.17, 15) is 0 Å². The molecule has 96 valence electrons. The molecular weight excluding hydrogens is 200 g/mol. The molecule has 3 heteroatoms. The van der Waals surface area contributed by atoms with Gasteiger partial charge in [-0.1, -0.05) is 20.8 Å². The van der Waals surface area contributed by atoms with E-state index in [1.807, 2.05) is 0 Å². The first-order valence-electron chi connectivity index (χ1n) is 6.71. The molecule has 1 unspecified atom stereocenters. The third-order valence-electron chi connectivity index (χ3n) is 3.69. The molecule has 1 atom stereocenters. The van der Waals surface area contributed by atoms with Crippen LogP contribution in [0.15, 0.2) is 0 Å². The van der Waals surface area contributed by atoms with Crippen LogP contribution in [0.1, 0.15) is 40.0 Å². The van der Waals surface area contributed by atoms with Crippen LogP contribution in [-0.4, -0.2) is 48.8 Å². The maximum absolute atomic E-state index is 9.10. The van der Waals surface area contributed by atoms with Crippen LogP contribution in [0.5, 0.6) is 0 Å². The lowest BCUT2D eigenvalue weighted by atomic mass is 9.86. The van der Waals surface area contributed by atoms with E-state index >= 15 is 0 Å². The van der Waals surface area contributed by atoms with Crippen LogP contribution in [0.4, 0.5) is 0 Å². The second-order valence-corrected chi connectivity index (χ2v) is 5.37. The Bertz CT molecular complexity index is 194. The average Bonchev–Trinajstić information content (AvgIpc) is 3.10. The van der Waals surface area contributed by atoms with Crippen LogP contribution < -0.4 is 5.32 Å². The molecule has 0 aliphatic heterocycles. The second-order valence-electron chi connectivity index (χ2n) is 5.37. The van der Waals surface area contributed by atoms with Gasteiger partial charge >= 0.3 is 0 Å². The zero-order chi connectivity index (χ0) is 12.0. The van der Waals surface area contributed by atoms with Gasteiger partial charge in [-0.05, 0) is 31.2 Å². The first-order valence-corrected chi connectivity index (χ1v) is 6.71. The van der Waals surface area contributed by atoms with Gasteiger partial charge in [-0.15, -0.1) is 0 Å². The third-order valence-corrected chi connectivity index (χ3v) is 3.69. The monoisotopic (exact) mass is 228 g/mol. The van der Waals surface area contributed by atoms with Crippen LogP contribution in [0.2, 0.25) is 0 Å². The predicted molar refractivity (Wildman–Crippen MR) is 68.6 cm³/mol. The second kappa shape index (κ2) is 6.58. The van der Waals surface area contributed by atoms with Crippen molar-refractivity contribution >= 4 is 0 Å². The fourth-order valence-electron chi connectivity index (χ4n) is 2.17. The maximum Gasteiger partial charge on any atom is 0.0558 e. The van der Waals surface area contributed by atoms with Crippen molar-refractivity contribution in [3.8, 4) is 0 Å². The lowest BCUT2D eigenvalue weighted by molar-refractivity contribution is 0.123. The minimum atomic E-state index is 0.289. The van der Waals surface area contributed by atoms with Gasteiger partial charge in [0.1, 0.15) is 0 Å². The molecule has 1 rings (SSSR count). The van der Waals surface area contributed by atoms with E-state index in [1.54, 1.807) is 0 Å². The van der Waals surface area contributed by atoms with Crippen molar-refractivity contribution in [1.82, 2.24) is 10.2 Å². The maximum atomic E-state index is 9.10. The van der Waals surface area contributed by atoms with Crippen LogP contribution in [0.3, 0.4) is 0 Å². The molecule has 0 aromatic carbocycles. The molecule has 2 N–H and O–H groups in total. The minimum absolute atomic E-state index is 0.289. The topological polar surface area (TPSA) is 35.5 Å². The number of nitrogens with zero attached hydrogens (tertiary/aromatic N) is 1. The van der Waals surface area contributed by atoms with Crippen molar-refractivity contribution in [3.63, 3.8) is 0 Å². The molecule has 16 heavy (non-hydrogen) atoms. The smallest absolute Gasteiger partial charge is 0.0558 e. The lowest BCUT2D eigenvalue weighted by Gasteiger charge is -2.35. The highest BCUT2D eigenvalue weighted by Crippen LogP contribution is 2.31. The zero-order valence-corrected chi connectivity index (χ0v) is 11.1. The molecule has 0 aromatic rings. The van der Waals surface area contributed by atoms with Crippen LogP contribution in [0, 0.1) is 5.41 Å². The molecule has 0 radical (unpaired) electrons. The molecule has 1 fully saturated rings. The van der Waals surface area contributed by atoms with Crippen molar-refractivity contribution in [2.45, 2.75) is 46.1 Å². The van der Waals surface area contributed by atoms with E-state index < -0.39 is 0 Å². The van der Waals surface area contributed by atoms with E-state index in [4.69, 9.17) is 5.11 Å². The van der Waals surface area contributed by atoms with Crippen LogP contribution in [-0.2, 0) is 0 Å². The van der Waals surface area contributed by atoms with Gasteiger partial charge in [0.25, 0.3) is 0 Å². The van der Waals surface area contributed by atoms with Gasteiger partial charge in [0, 0.05) is 25.7 Å². The lowest BCUT2D eigenvalue weighted by Crippen LogP contribution is -2.44. The van der Waals surface area contributed by atoms with Crippen LogP contribution >= 0.6 is 0 Å². The highest BCUT2D eigenvalue weighted by atomic mass is 16.3. The average molecular weight is 228 g/mol. The molecule has 1 aliphatic carbocycles. The van der Waals surface area contributed by atoms with E-state index in [0.717, 1.165) is 32.2 Å². The number of aliphatic hydroxyl groups excluding tert-OH is 1. The Balaban J connectivity index is 2.44. The van der Waals surface area contributed by atoms with Crippen molar-refractivity contribution in [1.29, 1.82) is 0 Å². The summed E-state index contributed by atoms with van der Waals surface area (Å²) in [6.07, 6.45) is 3.83. The number of hydrogen-bond donors (Lipinski definition) is 2. The summed E-state index contributed by atoms with van der Waals surface area (Å²) >= 11 is 0. The first-order chi connectivity index (χ1) is 7.65. The van der Waals surface area contributed by atoms with E-state index in [1.165, 1.54) is 19.3 Å². The SMILES string of the molecule is CCNCC(C)(CC)CN(CCO)C1CC1. The Morgan fingerprint density at radius 2 is 2.06 bits per heavy atom. The van der Waals surface area contributed by atoms with Gasteiger partial charge < -0.3 is 10.4 Å². The van der Waals surface area contributed by atoms with Gasteiger partial charge in [0.05, 0.1) is 6.61 Å². The Kier molecular flexibility index (Phi) is 5.73. The summed E-state index contributed by atoms with van der Waals surface area (Å²) in [7, 11) is 0. The summed E-state index contributed by atoms with van der Waals surface area (Å²) in [5.41, 5.74) is 0.341. The number of nitrogens with one attached hydrogen (secondary N) is 1. The Labute approximate surface area is 100 Å². The van der Waals surface area contributed by atoms with Crippen molar-refractivity contribution < 1.29 is 5.11 Å². The van der Waals surface area contributed by atoms with Gasteiger partial charge in [-0.3, -0.25) is 4.90 Å². The van der Waals surface area contributed by atoms with Gasteiger partial charge in [-0.25, -0.2) is 0 Å². The molecule has 0 bridgehead atoms. The number of rotatable bonds is 9. The molecule has 3 nitrogen and oxygen atoms in total. The fraction of sp³-hybridized carbons (Fsp3) is 1.00. The standard InChI is InChI=1S/C13H28N2O/c1-4-13(3,10-14-5-2)11-15(8-9-16)12-6-7-12/h12,14,16H,4-11H2,1-3H3. The summed E-state index contributed by atoms with van der Waals surface area (Å²) < 4.78 is 0. The summed E-state index contributed by atoms with van der Waals surface area (Å²) in [6, 6.07) is 0.750. The molecule has 0 amide bonds. The Morgan fingerprint density at radius 1 is 1.38 bits per heavy atom. The largest absolute Gasteiger partial charge is 0.395 e. The van der Waals surface area contributed by atoms with Crippen molar-refractivity contribution in [3.05, 3.63) is 0 Å². The quantitative estimate of drug-likeness (QED) is 0.627. The summed E-state index contributed by atoms with van der Waals surface area (Å²) in [6.45, 7) is 11.1. The highest BCUT2D eigenvalue weighted by molar-refractivity contribution is 4.89. The van der Waals surface area contributed by atoms with Crippen molar-refractivity contribution in [2.75, 3.05) is 32.8 Å². The summed E-state index contributed by atoms with van der Waals surface area (Å²) in [4.78, 5) is 2.47. The molecule has 0 heterocycles.